The van der Waals surface area contributed by atoms with Crippen molar-refractivity contribution in [3.05, 3.63) is 48.6 Å². The molecule has 3 N–H and O–H groups in total. The predicted molar refractivity (Wildman–Crippen MR) is 398 cm³/mol. The quantitative estimate of drug-likeness (QED) is 0.0320. The normalized spacial score (nSPS) is 12.7. The van der Waals surface area contributed by atoms with Crippen LogP contribution < -0.4 is 5.32 Å². The number of rotatable bonds is 77. The first kappa shape index (κ1) is 87.8. The van der Waals surface area contributed by atoms with E-state index in [4.69, 9.17) is 4.74 Å². The number of carbonyl (C=O) groups excluding carboxylic acids is 2. The molecule has 0 aromatic carbocycles. The second-order valence-electron chi connectivity index (χ2n) is 28.1. The molecule has 0 bridgehead atoms. The fraction of sp³-hybridized carbons (Fsp3) is 0.881. The Bertz CT molecular complexity index is 1500. The SMILES string of the molecule is CCCCC/C=C\C/C=C\CCCCCCCC(=O)OCCCCCCCCCCCCCCC/C=C\C/C=C\CCCCCCCCCCCCCCCCCCCC(=O)NC(CO)C(O)CCCCCCCCCCCCCCCCCCCCCCC. The third-order valence-electron chi connectivity index (χ3n) is 19.1. The summed E-state index contributed by atoms with van der Waals surface area (Å²) in [5.74, 6) is -0.0223. The van der Waals surface area contributed by atoms with E-state index in [0.717, 1.165) is 57.8 Å². The smallest absolute Gasteiger partial charge is 0.305 e. The van der Waals surface area contributed by atoms with Gasteiger partial charge in [-0.05, 0) is 89.9 Å². The van der Waals surface area contributed by atoms with E-state index in [0.29, 0.717) is 25.9 Å². The Hall–Kier alpha value is -2.18. The van der Waals surface area contributed by atoms with Crippen LogP contribution in [0.5, 0.6) is 0 Å². The van der Waals surface area contributed by atoms with Crippen molar-refractivity contribution in [2.24, 2.45) is 0 Å². The summed E-state index contributed by atoms with van der Waals surface area (Å²) in [6.07, 6.45) is 105. The number of nitrogens with one attached hydrogen (secondary N) is 1. The Balaban J connectivity index is 3.37. The second kappa shape index (κ2) is 79.3. The van der Waals surface area contributed by atoms with Crippen molar-refractivity contribution in [1.29, 1.82) is 0 Å². The van der Waals surface area contributed by atoms with Crippen LogP contribution in [0.2, 0.25) is 0 Å². The Morgan fingerprint density at radius 3 is 0.867 bits per heavy atom. The fourth-order valence-corrected chi connectivity index (χ4v) is 12.9. The Morgan fingerprint density at radius 2 is 0.556 bits per heavy atom. The first-order chi connectivity index (χ1) is 44.5. The highest BCUT2D eigenvalue weighted by atomic mass is 16.5. The van der Waals surface area contributed by atoms with Gasteiger partial charge in [-0.3, -0.25) is 9.59 Å². The zero-order valence-electron chi connectivity index (χ0n) is 60.9. The van der Waals surface area contributed by atoms with Gasteiger partial charge in [0.05, 0.1) is 25.4 Å². The lowest BCUT2D eigenvalue weighted by atomic mass is 10.0. The predicted octanol–water partition coefficient (Wildman–Crippen LogP) is 27.2. The number of hydrogen-bond donors (Lipinski definition) is 3. The number of amides is 1. The highest BCUT2D eigenvalue weighted by Crippen LogP contribution is 2.20. The molecule has 0 aliphatic rings. The molecule has 2 atom stereocenters. The molecule has 2 unspecified atom stereocenters. The topological polar surface area (TPSA) is 95.9 Å². The molecule has 0 aliphatic heterocycles. The van der Waals surface area contributed by atoms with Crippen molar-refractivity contribution in [3.63, 3.8) is 0 Å². The van der Waals surface area contributed by atoms with Gasteiger partial charge in [-0.2, -0.15) is 0 Å². The van der Waals surface area contributed by atoms with Crippen LogP contribution in [0, 0.1) is 0 Å². The average Bonchev–Trinajstić information content (AvgIpc) is 3.68. The number of aliphatic hydroxyl groups excluding tert-OH is 2. The fourth-order valence-electron chi connectivity index (χ4n) is 12.9. The Labute approximate surface area is 563 Å². The van der Waals surface area contributed by atoms with E-state index in [1.807, 2.05) is 0 Å². The monoisotopic (exact) mass is 1260 g/mol. The van der Waals surface area contributed by atoms with Crippen molar-refractivity contribution >= 4 is 11.9 Å². The molecule has 90 heavy (non-hydrogen) atoms. The molecule has 6 nitrogen and oxygen atoms in total. The third kappa shape index (κ3) is 74.9. The largest absolute Gasteiger partial charge is 0.466 e. The van der Waals surface area contributed by atoms with Gasteiger partial charge in [0.25, 0.3) is 0 Å². The second-order valence-corrected chi connectivity index (χ2v) is 28.1. The van der Waals surface area contributed by atoms with E-state index in [1.54, 1.807) is 0 Å². The summed E-state index contributed by atoms with van der Waals surface area (Å²) < 4.78 is 5.49. The minimum atomic E-state index is -0.664. The van der Waals surface area contributed by atoms with Gasteiger partial charge in [-0.1, -0.05) is 396 Å². The van der Waals surface area contributed by atoms with Gasteiger partial charge in [-0.15, -0.1) is 0 Å². The van der Waals surface area contributed by atoms with Crippen molar-refractivity contribution in [3.8, 4) is 0 Å². The molecule has 0 aromatic rings. The van der Waals surface area contributed by atoms with Gasteiger partial charge in [-0.25, -0.2) is 0 Å². The molecule has 1 amide bonds. The van der Waals surface area contributed by atoms with Gasteiger partial charge >= 0.3 is 5.97 Å². The number of ether oxygens (including phenoxy) is 1. The van der Waals surface area contributed by atoms with Crippen LogP contribution in [0.15, 0.2) is 48.6 Å². The van der Waals surface area contributed by atoms with E-state index in [2.05, 4.69) is 67.8 Å². The van der Waals surface area contributed by atoms with Gasteiger partial charge < -0.3 is 20.3 Å². The van der Waals surface area contributed by atoms with Crippen LogP contribution in [0.4, 0.5) is 0 Å². The zero-order chi connectivity index (χ0) is 64.9. The minimum absolute atomic E-state index is 0.00516. The Morgan fingerprint density at radius 1 is 0.311 bits per heavy atom. The molecule has 0 radical (unpaired) electrons. The first-order valence-corrected chi connectivity index (χ1v) is 40.9. The summed E-state index contributed by atoms with van der Waals surface area (Å²) in [5.41, 5.74) is 0. The number of unbranched alkanes of at least 4 members (excludes halogenated alkanes) is 58. The van der Waals surface area contributed by atoms with Gasteiger partial charge in [0.2, 0.25) is 5.91 Å². The molecular formula is C84H159NO5. The van der Waals surface area contributed by atoms with E-state index >= 15 is 0 Å². The summed E-state index contributed by atoms with van der Waals surface area (Å²) in [4.78, 5) is 24.6. The molecule has 0 spiro atoms. The van der Waals surface area contributed by atoms with Crippen molar-refractivity contribution in [2.45, 2.75) is 463 Å². The van der Waals surface area contributed by atoms with Crippen LogP contribution in [0.3, 0.4) is 0 Å². The average molecular weight is 1260 g/mol. The van der Waals surface area contributed by atoms with Gasteiger partial charge in [0, 0.05) is 12.8 Å². The summed E-state index contributed by atoms with van der Waals surface area (Å²) in [5, 5.41) is 23.5. The van der Waals surface area contributed by atoms with Crippen molar-refractivity contribution in [2.75, 3.05) is 13.2 Å². The van der Waals surface area contributed by atoms with E-state index in [-0.39, 0.29) is 18.5 Å². The lowest BCUT2D eigenvalue weighted by molar-refractivity contribution is -0.143. The molecule has 0 saturated heterocycles. The third-order valence-corrected chi connectivity index (χ3v) is 19.1. The molecular weight excluding hydrogens is 1100 g/mol. The molecule has 0 rings (SSSR count). The van der Waals surface area contributed by atoms with E-state index in [1.165, 1.54) is 360 Å². The lowest BCUT2D eigenvalue weighted by Gasteiger charge is -2.22. The van der Waals surface area contributed by atoms with Gasteiger partial charge in [0.15, 0.2) is 0 Å². The number of allylic oxidation sites excluding steroid dienone is 8. The Kier molecular flexibility index (Phi) is 77.3. The molecule has 0 aliphatic carbocycles. The van der Waals surface area contributed by atoms with Crippen LogP contribution >= 0.6 is 0 Å². The minimum Gasteiger partial charge on any atom is -0.466 e. The molecule has 0 fully saturated rings. The van der Waals surface area contributed by atoms with Crippen LogP contribution in [0.1, 0.15) is 450 Å². The van der Waals surface area contributed by atoms with Crippen LogP contribution in [-0.2, 0) is 14.3 Å². The summed E-state index contributed by atoms with van der Waals surface area (Å²) >= 11 is 0. The lowest BCUT2D eigenvalue weighted by Crippen LogP contribution is -2.45. The van der Waals surface area contributed by atoms with Crippen LogP contribution in [-0.4, -0.2) is 47.4 Å². The molecule has 6 heteroatoms. The van der Waals surface area contributed by atoms with Crippen LogP contribution in [0.25, 0.3) is 0 Å². The highest BCUT2D eigenvalue weighted by molar-refractivity contribution is 5.76. The molecule has 0 aromatic heterocycles. The number of carbonyl (C=O) groups is 2. The zero-order valence-corrected chi connectivity index (χ0v) is 60.9. The number of hydrogen-bond acceptors (Lipinski definition) is 5. The standard InChI is InChI=1S/C84H159NO5/c1-3-5-7-9-11-13-15-17-19-20-21-39-42-45-49-52-56-60-64-68-72-76-82(87)81(80-86)85-83(88)77-73-69-65-61-57-53-50-46-43-40-37-35-33-31-29-27-25-23-22-24-26-28-30-32-34-36-38-41-44-47-51-55-59-63-67-71-75-79-90-84(89)78-74-70-66-62-58-54-48-18-16-14-12-10-8-6-4-2/h12,14,18,22,24,28,30,48,81-82,86-87H,3-11,13,15-17,19-21,23,25-27,29,31-47,49-80H2,1-2H3,(H,85,88)/b14-12-,24-22-,30-28-,48-18-. The van der Waals surface area contributed by atoms with Gasteiger partial charge in [0.1, 0.15) is 0 Å². The van der Waals surface area contributed by atoms with Crippen molar-refractivity contribution < 1.29 is 24.5 Å². The van der Waals surface area contributed by atoms with E-state index in [9.17, 15) is 19.8 Å². The summed E-state index contributed by atoms with van der Waals surface area (Å²) in [6, 6.07) is -0.541. The van der Waals surface area contributed by atoms with Crippen molar-refractivity contribution in [1.82, 2.24) is 5.32 Å². The highest BCUT2D eigenvalue weighted by Gasteiger charge is 2.20. The molecule has 0 saturated carbocycles. The maximum atomic E-state index is 12.6. The number of aliphatic hydroxyl groups is 2. The molecule has 530 valence electrons. The summed E-state index contributed by atoms with van der Waals surface area (Å²) in [6.45, 7) is 4.96. The summed E-state index contributed by atoms with van der Waals surface area (Å²) in [7, 11) is 0. The number of esters is 1. The maximum absolute atomic E-state index is 12.6. The molecule has 0 heterocycles. The first-order valence-electron chi connectivity index (χ1n) is 40.9. The van der Waals surface area contributed by atoms with E-state index < -0.39 is 12.1 Å². The maximum Gasteiger partial charge on any atom is 0.305 e.